The molecule has 0 aromatic heterocycles. The van der Waals surface area contributed by atoms with Crippen LogP contribution in [0.4, 0.5) is 0 Å². The average molecular weight is 227 g/mol. The van der Waals surface area contributed by atoms with Gasteiger partial charge in [-0.15, -0.1) is 0 Å². The lowest BCUT2D eigenvalue weighted by molar-refractivity contribution is -0.146. The summed E-state index contributed by atoms with van der Waals surface area (Å²) in [6.45, 7) is 7.04. The molecule has 0 N–H and O–H groups in total. The number of esters is 1. The van der Waals surface area contributed by atoms with E-state index in [1.165, 1.54) is 6.08 Å². The van der Waals surface area contributed by atoms with Crippen LogP contribution in [0, 0.1) is 5.41 Å². The van der Waals surface area contributed by atoms with Crippen LogP contribution in [-0.4, -0.2) is 25.2 Å². The van der Waals surface area contributed by atoms with Gasteiger partial charge in [-0.3, -0.25) is 4.79 Å². The number of carbonyl (C=O) groups excluding carboxylic acids is 2. The number of rotatable bonds is 7. The largest absolute Gasteiger partial charge is 0.465 e. The van der Waals surface area contributed by atoms with Crippen LogP contribution in [0.15, 0.2) is 4.99 Å². The van der Waals surface area contributed by atoms with E-state index in [2.05, 4.69) is 4.99 Å². The molecule has 0 spiro atoms. The van der Waals surface area contributed by atoms with Gasteiger partial charge in [-0.25, -0.2) is 9.79 Å². The third-order valence-electron chi connectivity index (χ3n) is 1.88. The molecule has 0 saturated heterocycles. The van der Waals surface area contributed by atoms with Crippen molar-refractivity contribution in [3.8, 4) is 0 Å². The van der Waals surface area contributed by atoms with E-state index in [9.17, 15) is 9.59 Å². The van der Waals surface area contributed by atoms with Crippen molar-refractivity contribution < 1.29 is 14.3 Å². The third kappa shape index (κ3) is 10.9. The van der Waals surface area contributed by atoms with Gasteiger partial charge in [0.1, 0.15) is 0 Å². The van der Waals surface area contributed by atoms with Crippen LogP contribution < -0.4 is 0 Å². The van der Waals surface area contributed by atoms with Gasteiger partial charge in [0.2, 0.25) is 6.08 Å². The molecule has 0 aromatic carbocycles. The second-order valence-electron chi connectivity index (χ2n) is 5.01. The molecule has 0 atom stereocenters. The van der Waals surface area contributed by atoms with E-state index in [1.807, 2.05) is 20.8 Å². The standard InChI is InChI=1S/C12H21NO3/c1-12(2,3)9-16-11(15)7-5-4-6-8-13-10-14/h4-9H2,1-3H3. The maximum absolute atomic E-state index is 11.3. The first-order chi connectivity index (χ1) is 7.45. The average Bonchev–Trinajstić information content (AvgIpc) is 2.19. The fourth-order valence-electron chi connectivity index (χ4n) is 1.05. The van der Waals surface area contributed by atoms with Gasteiger partial charge in [0, 0.05) is 6.42 Å². The van der Waals surface area contributed by atoms with E-state index in [-0.39, 0.29) is 11.4 Å². The summed E-state index contributed by atoms with van der Waals surface area (Å²) in [5.41, 5.74) is 0.0222. The van der Waals surface area contributed by atoms with Crippen molar-refractivity contribution in [2.45, 2.75) is 46.5 Å². The van der Waals surface area contributed by atoms with E-state index in [0.717, 1.165) is 19.3 Å². The van der Waals surface area contributed by atoms with Crippen LogP contribution in [0.25, 0.3) is 0 Å². The van der Waals surface area contributed by atoms with Crippen LogP contribution in [-0.2, 0) is 14.3 Å². The van der Waals surface area contributed by atoms with Crippen LogP contribution in [0.5, 0.6) is 0 Å². The molecule has 0 aromatic rings. The summed E-state index contributed by atoms with van der Waals surface area (Å²) in [4.78, 5) is 24.5. The summed E-state index contributed by atoms with van der Waals surface area (Å²) in [6.07, 6.45) is 4.43. The monoisotopic (exact) mass is 227 g/mol. The molecule has 0 unspecified atom stereocenters. The second-order valence-corrected chi connectivity index (χ2v) is 5.01. The minimum atomic E-state index is -0.145. The summed E-state index contributed by atoms with van der Waals surface area (Å²) in [6, 6.07) is 0. The molecular weight excluding hydrogens is 206 g/mol. The molecule has 0 fully saturated rings. The van der Waals surface area contributed by atoms with Crippen molar-refractivity contribution in [3.05, 3.63) is 0 Å². The first kappa shape index (κ1) is 14.8. The minimum absolute atomic E-state index is 0.0222. The van der Waals surface area contributed by atoms with Gasteiger partial charge < -0.3 is 4.74 Å². The highest BCUT2D eigenvalue weighted by Crippen LogP contribution is 2.13. The molecule has 16 heavy (non-hydrogen) atoms. The molecule has 4 heteroatoms. The highest BCUT2D eigenvalue weighted by molar-refractivity contribution is 5.69. The Morgan fingerprint density at radius 2 is 1.94 bits per heavy atom. The Labute approximate surface area is 97.1 Å². The van der Waals surface area contributed by atoms with Gasteiger partial charge >= 0.3 is 5.97 Å². The quantitative estimate of drug-likeness (QED) is 0.290. The Bertz CT molecular complexity index is 249. The molecule has 4 nitrogen and oxygen atoms in total. The summed E-state index contributed by atoms with van der Waals surface area (Å²) in [5, 5.41) is 0. The van der Waals surface area contributed by atoms with E-state index in [4.69, 9.17) is 4.74 Å². The Balaban J connectivity index is 3.41. The van der Waals surface area contributed by atoms with Crippen molar-refractivity contribution in [3.63, 3.8) is 0 Å². The number of isocyanates is 1. The number of hydrogen-bond acceptors (Lipinski definition) is 4. The Hall–Kier alpha value is -1.15. The number of nitrogens with zero attached hydrogens (tertiary/aromatic N) is 1. The van der Waals surface area contributed by atoms with Gasteiger partial charge in [0.15, 0.2) is 0 Å². The van der Waals surface area contributed by atoms with Gasteiger partial charge in [-0.1, -0.05) is 27.2 Å². The first-order valence-electron chi connectivity index (χ1n) is 5.65. The molecular formula is C12H21NO3. The Kier molecular flexibility index (Phi) is 7.48. The number of unbranched alkanes of at least 4 members (excludes halogenated alkanes) is 2. The third-order valence-corrected chi connectivity index (χ3v) is 1.88. The smallest absolute Gasteiger partial charge is 0.305 e. The van der Waals surface area contributed by atoms with E-state index >= 15 is 0 Å². The van der Waals surface area contributed by atoms with Crippen molar-refractivity contribution >= 4 is 12.0 Å². The summed E-state index contributed by atoms with van der Waals surface area (Å²) in [5.74, 6) is -0.145. The van der Waals surface area contributed by atoms with Crippen molar-refractivity contribution in [2.75, 3.05) is 13.2 Å². The predicted octanol–water partition coefficient (Wildman–Crippen LogP) is 2.47. The molecule has 0 amide bonds. The molecule has 0 aliphatic rings. The normalized spacial score (nSPS) is 10.7. The lowest BCUT2D eigenvalue weighted by Crippen LogP contribution is -2.18. The van der Waals surface area contributed by atoms with E-state index < -0.39 is 0 Å². The number of hydrogen-bond donors (Lipinski definition) is 0. The van der Waals surface area contributed by atoms with Crippen molar-refractivity contribution in [1.82, 2.24) is 0 Å². The molecule has 0 bridgehead atoms. The zero-order valence-corrected chi connectivity index (χ0v) is 10.4. The predicted molar refractivity (Wildman–Crippen MR) is 61.9 cm³/mol. The topological polar surface area (TPSA) is 55.7 Å². The minimum Gasteiger partial charge on any atom is -0.465 e. The van der Waals surface area contributed by atoms with Crippen LogP contribution in [0.3, 0.4) is 0 Å². The lowest BCUT2D eigenvalue weighted by atomic mass is 9.99. The molecule has 0 aliphatic carbocycles. The maximum Gasteiger partial charge on any atom is 0.305 e. The van der Waals surface area contributed by atoms with E-state index in [0.29, 0.717) is 19.6 Å². The van der Waals surface area contributed by atoms with Gasteiger partial charge in [0.25, 0.3) is 0 Å². The number of ether oxygens (including phenoxy) is 1. The van der Waals surface area contributed by atoms with E-state index in [1.54, 1.807) is 0 Å². The summed E-state index contributed by atoms with van der Waals surface area (Å²) < 4.78 is 5.11. The highest BCUT2D eigenvalue weighted by Gasteiger charge is 2.13. The summed E-state index contributed by atoms with van der Waals surface area (Å²) in [7, 11) is 0. The fraction of sp³-hybridized carbons (Fsp3) is 0.833. The SMILES string of the molecule is CC(C)(C)COC(=O)CCCCCN=C=O. The first-order valence-corrected chi connectivity index (χ1v) is 5.65. The van der Waals surface area contributed by atoms with Crippen LogP contribution >= 0.6 is 0 Å². The van der Waals surface area contributed by atoms with Gasteiger partial charge in [-0.05, 0) is 18.3 Å². The zero-order valence-electron chi connectivity index (χ0n) is 10.4. The maximum atomic E-state index is 11.3. The number of carbonyl (C=O) groups is 1. The summed E-state index contributed by atoms with van der Waals surface area (Å²) >= 11 is 0. The van der Waals surface area contributed by atoms with Crippen LogP contribution in [0.1, 0.15) is 46.5 Å². The fourth-order valence-corrected chi connectivity index (χ4v) is 1.05. The molecule has 0 aliphatic heterocycles. The molecule has 0 rings (SSSR count). The van der Waals surface area contributed by atoms with Crippen molar-refractivity contribution in [1.29, 1.82) is 0 Å². The number of aliphatic imine (C=N–C) groups is 1. The molecule has 0 heterocycles. The highest BCUT2D eigenvalue weighted by atomic mass is 16.5. The lowest BCUT2D eigenvalue weighted by Gasteiger charge is -2.17. The van der Waals surface area contributed by atoms with Crippen molar-refractivity contribution in [2.24, 2.45) is 10.4 Å². The van der Waals surface area contributed by atoms with Gasteiger partial charge in [-0.2, -0.15) is 0 Å². The Morgan fingerprint density at radius 3 is 2.50 bits per heavy atom. The second kappa shape index (κ2) is 8.05. The molecule has 92 valence electrons. The zero-order chi connectivity index (χ0) is 12.4. The Morgan fingerprint density at radius 1 is 1.25 bits per heavy atom. The molecule has 0 radical (unpaired) electrons. The van der Waals surface area contributed by atoms with Crippen LogP contribution in [0.2, 0.25) is 0 Å². The van der Waals surface area contributed by atoms with Gasteiger partial charge in [0.05, 0.1) is 13.2 Å². The molecule has 0 saturated carbocycles.